The first-order chi connectivity index (χ1) is 12.6. The minimum absolute atomic E-state index is 0. The Balaban J connectivity index is 0.00000261. The average Bonchev–Trinajstić information content (AvgIpc) is 3.32. The third-order valence-electron chi connectivity index (χ3n) is 5.02. The molecular weight excluding hydrogens is 456 g/mol. The minimum atomic E-state index is -0.169. The Kier molecular flexibility index (Phi) is 8.07. The zero-order valence-electron chi connectivity index (χ0n) is 16.0. The van der Waals surface area contributed by atoms with Gasteiger partial charge in [0.05, 0.1) is 12.7 Å². The number of guanidine groups is 1. The first kappa shape index (κ1) is 21.7. The van der Waals surface area contributed by atoms with Crippen molar-refractivity contribution >= 4 is 29.9 Å². The summed E-state index contributed by atoms with van der Waals surface area (Å²) in [5.41, 5.74) is 3.47. The first-order valence-corrected chi connectivity index (χ1v) is 9.40. The van der Waals surface area contributed by atoms with Gasteiger partial charge in [-0.05, 0) is 62.8 Å². The molecule has 1 fully saturated rings. The highest BCUT2D eigenvalue weighted by atomic mass is 127. The molecule has 2 aromatic rings. The summed E-state index contributed by atoms with van der Waals surface area (Å²) in [5.74, 6) is 0.663. The Labute approximate surface area is 177 Å². The van der Waals surface area contributed by atoms with Gasteiger partial charge in [-0.25, -0.2) is 4.39 Å². The van der Waals surface area contributed by atoms with Crippen LogP contribution < -0.4 is 10.6 Å². The van der Waals surface area contributed by atoms with Crippen LogP contribution in [0, 0.1) is 12.7 Å². The summed E-state index contributed by atoms with van der Waals surface area (Å²) < 4.78 is 13.5. The number of H-pyrrole nitrogens is 1. The van der Waals surface area contributed by atoms with Crippen LogP contribution >= 0.6 is 24.0 Å². The number of hydrogen-bond donors (Lipinski definition) is 3. The molecule has 0 radical (unpaired) electrons. The van der Waals surface area contributed by atoms with Gasteiger partial charge in [-0.1, -0.05) is 12.1 Å². The van der Waals surface area contributed by atoms with E-state index in [2.05, 4.69) is 27.8 Å². The number of aromatic nitrogens is 2. The largest absolute Gasteiger partial charge is 0.357 e. The van der Waals surface area contributed by atoms with Crippen molar-refractivity contribution in [3.05, 3.63) is 53.1 Å². The second-order valence-corrected chi connectivity index (χ2v) is 7.04. The molecule has 0 spiro atoms. The summed E-state index contributed by atoms with van der Waals surface area (Å²) in [6.45, 7) is 6.46. The van der Waals surface area contributed by atoms with Crippen molar-refractivity contribution in [3.63, 3.8) is 0 Å². The average molecular weight is 485 g/mol. The molecule has 3 N–H and O–H groups in total. The second kappa shape index (κ2) is 10.1. The smallest absolute Gasteiger partial charge is 0.191 e. The summed E-state index contributed by atoms with van der Waals surface area (Å²) in [5, 5.41) is 13.7. The number of halogens is 2. The van der Waals surface area contributed by atoms with Gasteiger partial charge in [0.15, 0.2) is 5.96 Å². The molecule has 0 unspecified atom stereocenters. The maximum atomic E-state index is 13.5. The molecule has 0 bridgehead atoms. The van der Waals surface area contributed by atoms with Crippen LogP contribution in [0.2, 0.25) is 0 Å². The number of nitrogens with zero attached hydrogens (tertiary/aromatic N) is 2. The zero-order valence-corrected chi connectivity index (χ0v) is 18.3. The van der Waals surface area contributed by atoms with Gasteiger partial charge in [-0.2, -0.15) is 5.10 Å². The normalized spacial score (nSPS) is 15.1. The van der Waals surface area contributed by atoms with E-state index >= 15 is 0 Å². The number of aryl methyl sites for hydroxylation is 2. The highest BCUT2D eigenvalue weighted by Crippen LogP contribution is 2.48. The molecule has 0 amide bonds. The molecule has 1 aromatic carbocycles. The van der Waals surface area contributed by atoms with Crippen molar-refractivity contribution in [1.29, 1.82) is 0 Å². The van der Waals surface area contributed by atoms with Gasteiger partial charge in [0.2, 0.25) is 0 Å². The lowest BCUT2D eigenvalue weighted by molar-refractivity contribution is 0.615. The van der Waals surface area contributed by atoms with E-state index in [1.54, 1.807) is 12.1 Å². The highest BCUT2D eigenvalue weighted by Gasteiger charge is 2.44. The standard InChI is InChI=1S/C20H28FN5.HI/c1-3-22-19(23-11-5-6-16-13-25-26-15(16)2)24-14-20(9-10-20)17-7-4-8-18(21)12-17;/h4,7-8,12-13H,3,5-6,9-11,14H2,1-2H3,(H,25,26)(H2,22,23,24);1H. The van der Waals surface area contributed by atoms with Gasteiger partial charge in [-0.15, -0.1) is 24.0 Å². The SMILES string of the molecule is CCNC(=NCC1(c2cccc(F)c2)CC1)NCCCc1cn[nH]c1C.I. The van der Waals surface area contributed by atoms with Crippen molar-refractivity contribution in [2.45, 2.75) is 44.9 Å². The lowest BCUT2D eigenvalue weighted by Gasteiger charge is -2.16. The van der Waals surface area contributed by atoms with Crippen molar-refractivity contribution < 1.29 is 4.39 Å². The van der Waals surface area contributed by atoms with Crippen molar-refractivity contribution in [3.8, 4) is 0 Å². The van der Waals surface area contributed by atoms with E-state index in [1.165, 1.54) is 11.6 Å². The fraction of sp³-hybridized carbons (Fsp3) is 0.500. The number of nitrogens with one attached hydrogen (secondary N) is 3. The van der Waals surface area contributed by atoms with E-state index in [-0.39, 0.29) is 35.2 Å². The maximum absolute atomic E-state index is 13.5. The van der Waals surface area contributed by atoms with E-state index in [0.717, 1.165) is 56.0 Å². The lowest BCUT2D eigenvalue weighted by atomic mass is 9.96. The summed E-state index contributed by atoms with van der Waals surface area (Å²) in [6, 6.07) is 6.95. The molecule has 148 valence electrons. The van der Waals surface area contributed by atoms with E-state index in [9.17, 15) is 4.39 Å². The van der Waals surface area contributed by atoms with Crippen LogP contribution in [0.4, 0.5) is 4.39 Å². The van der Waals surface area contributed by atoms with Gasteiger partial charge in [0.1, 0.15) is 5.82 Å². The molecule has 0 aliphatic heterocycles. The summed E-state index contributed by atoms with van der Waals surface area (Å²) >= 11 is 0. The fourth-order valence-corrected chi connectivity index (χ4v) is 3.19. The quantitative estimate of drug-likeness (QED) is 0.231. The molecule has 1 aliphatic rings. The monoisotopic (exact) mass is 485 g/mol. The number of aliphatic imine (C=N–C) groups is 1. The zero-order chi connectivity index (χ0) is 18.4. The molecule has 1 aliphatic carbocycles. The lowest BCUT2D eigenvalue weighted by Crippen LogP contribution is -2.38. The Morgan fingerprint density at radius 3 is 2.78 bits per heavy atom. The van der Waals surface area contributed by atoms with Crippen molar-refractivity contribution in [1.82, 2.24) is 20.8 Å². The van der Waals surface area contributed by atoms with Crippen LogP contribution in [0.15, 0.2) is 35.5 Å². The van der Waals surface area contributed by atoms with Crippen LogP contribution in [-0.4, -0.2) is 35.8 Å². The van der Waals surface area contributed by atoms with Crippen molar-refractivity contribution in [2.75, 3.05) is 19.6 Å². The third kappa shape index (κ3) is 5.92. The van der Waals surface area contributed by atoms with Crippen molar-refractivity contribution in [2.24, 2.45) is 4.99 Å². The number of benzene rings is 1. The molecule has 5 nitrogen and oxygen atoms in total. The van der Waals surface area contributed by atoms with E-state index in [4.69, 9.17) is 4.99 Å². The predicted octanol–water partition coefficient (Wildman–Crippen LogP) is 3.69. The topological polar surface area (TPSA) is 65.1 Å². The molecular formula is C20H29FIN5. The summed E-state index contributed by atoms with van der Waals surface area (Å²) in [6.07, 6.45) is 6.03. The van der Waals surface area contributed by atoms with Gasteiger partial charge >= 0.3 is 0 Å². The summed E-state index contributed by atoms with van der Waals surface area (Å²) in [4.78, 5) is 4.76. The predicted molar refractivity (Wildman–Crippen MR) is 118 cm³/mol. The van der Waals surface area contributed by atoms with Gasteiger partial charge in [0, 0.05) is 24.2 Å². The number of hydrogen-bond acceptors (Lipinski definition) is 2. The van der Waals surface area contributed by atoms with Gasteiger partial charge < -0.3 is 10.6 Å². The van der Waals surface area contributed by atoms with Crippen LogP contribution in [0.3, 0.4) is 0 Å². The molecule has 1 saturated carbocycles. The number of aromatic amines is 1. The van der Waals surface area contributed by atoms with Crippen LogP contribution in [0.25, 0.3) is 0 Å². The second-order valence-electron chi connectivity index (χ2n) is 7.04. The van der Waals surface area contributed by atoms with Gasteiger partial charge in [0.25, 0.3) is 0 Å². The molecule has 27 heavy (non-hydrogen) atoms. The van der Waals surface area contributed by atoms with E-state index in [1.807, 2.05) is 19.2 Å². The van der Waals surface area contributed by atoms with Crippen LogP contribution in [0.5, 0.6) is 0 Å². The summed E-state index contributed by atoms with van der Waals surface area (Å²) in [7, 11) is 0. The Morgan fingerprint density at radius 1 is 1.33 bits per heavy atom. The first-order valence-electron chi connectivity index (χ1n) is 9.40. The molecule has 0 saturated heterocycles. The van der Waals surface area contributed by atoms with Crippen LogP contribution in [0.1, 0.15) is 43.0 Å². The van der Waals surface area contributed by atoms with Crippen LogP contribution in [-0.2, 0) is 11.8 Å². The maximum Gasteiger partial charge on any atom is 0.191 e. The Morgan fingerprint density at radius 2 is 2.15 bits per heavy atom. The Hall–Kier alpha value is -1.64. The minimum Gasteiger partial charge on any atom is -0.357 e. The molecule has 3 rings (SSSR count). The third-order valence-corrected chi connectivity index (χ3v) is 5.02. The fourth-order valence-electron chi connectivity index (χ4n) is 3.19. The molecule has 7 heteroatoms. The molecule has 1 heterocycles. The molecule has 0 atom stereocenters. The Bertz CT molecular complexity index is 754. The van der Waals surface area contributed by atoms with E-state index in [0.29, 0.717) is 6.54 Å². The highest BCUT2D eigenvalue weighted by molar-refractivity contribution is 14.0. The van der Waals surface area contributed by atoms with Gasteiger partial charge in [-0.3, -0.25) is 10.1 Å². The molecule has 1 aromatic heterocycles. The van der Waals surface area contributed by atoms with E-state index < -0.39 is 0 Å². The number of rotatable bonds is 8.